The fourth-order valence-corrected chi connectivity index (χ4v) is 1.33. The lowest BCUT2D eigenvalue weighted by atomic mass is 10.2. The van der Waals surface area contributed by atoms with Crippen molar-refractivity contribution in [2.75, 3.05) is 13.6 Å². The van der Waals surface area contributed by atoms with Crippen molar-refractivity contribution >= 4 is 0 Å². The van der Waals surface area contributed by atoms with E-state index >= 15 is 0 Å². The molecule has 2 atom stereocenters. The van der Waals surface area contributed by atoms with E-state index in [9.17, 15) is 0 Å². The van der Waals surface area contributed by atoms with E-state index in [0.717, 1.165) is 12.1 Å². The van der Waals surface area contributed by atoms with E-state index in [1.54, 1.807) is 0 Å². The van der Waals surface area contributed by atoms with Crippen LogP contribution in [0.2, 0.25) is 0 Å². The van der Waals surface area contributed by atoms with Gasteiger partial charge in [-0.2, -0.15) is 0 Å². The van der Waals surface area contributed by atoms with Gasteiger partial charge in [0.2, 0.25) is 0 Å². The Morgan fingerprint density at radius 1 is 1.58 bits per heavy atom. The maximum atomic E-state index is 5.46. The van der Waals surface area contributed by atoms with Gasteiger partial charge in [-0.1, -0.05) is 19.9 Å². The zero-order valence-corrected chi connectivity index (χ0v) is 8.34. The summed E-state index contributed by atoms with van der Waals surface area (Å²) in [5.41, 5.74) is 1.14. The highest BCUT2D eigenvalue weighted by Gasteiger charge is 2.42. The average molecular weight is 169 g/mol. The molecule has 1 aliphatic rings. The predicted molar refractivity (Wildman–Crippen MR) is 51.0 cm³/mol. The molecule has 1 saturated heterocycles. The molecule has 0 aromatic heterocycles. The minimum Gasteiger partial charge on any atom is -0.348 e. The number of ether oxygens (including phenoxy) is 1. The molecule has 70 valence electrons. The monoisotopic (exact) mass is 169 g/mol. The first-order valence-corrected chi connectivity index (χ1v) is 4.68. The van der Waals surface area contributed by atoms with Crippen LogP contribution in [0.15, 0.2) is 12.2 Å². The summed E-state index contributed by atoms with van der Waals surface area (Å²) in [6, 6.07) is 0. The summed E-state index contributed by atoms with van der Waals surface area (Å²) in [6.45, 7) is 9.24. The Morgan fingerprint density at radius 3 is 2.67 bits per heavy atom. The predicted octanol–water partition coefficient (Wildman–Crippen LogP) is 2.02. The van der Waals surface area contributed by atoms with E-state index in [-0.39, 0.29) is 0 Å². The van der Waals surface area contributed by atoms with Gasteiger partial charge in [0.05, 0.1) is 0 Å². The fourth-order valence-electron chi connectivity index (χ4n) is 1.33. The molecule has 0 aromatic rings. The van der Waals surface area contributed by atoms with E-state index in [0.29, 0.717) is 12.3 Å². The Kier molecular flexibility index (Phi) is 3.29. The highest BCUT2D eigenvalue weighted by Crippen LogP contribution is 2.30. The van der Waals surface area contributed by atoms with Crippen molar-refractivity contribution in [2.24, 2.45) is 0 Å². The number of unbranched alkanes of at least 4 members (excludes halogenated alkanes) is 1. The lowest BCUT2D eigenvalue weighted by Gasteiger charge is -2.12. The average Bonchev–Trinajstić information content (AvgIpc) is 2.78. The molecule has 0 radical (unpaired) electrons. The highest BCUT2D eigenvalue weighted by atomic mass is 16.6. The second-order valence-electron chi connectivity index (χ2n) is 3.63. The van der Waals surface area contributed by atoms with E-state index in [1.165, 1.54) is 12.8 Å². The maximum Gasteiger partial charge on any atom is 0.141 e. The fraction of sp³-hybridized carbons (Fsp3) is 0.800. The zero-order valence-electron chi connectivity index (χ0n) is 8.34. The minimum absolute atomic E-state index is 0.298. The molecule has 0 aromatic carbocycles. The van der Waals surface area contributed by atoms with Gasteiger partial charge in [0, 0.05) is 6.54 Å². The topological polar surface area (TPSA) is 15.8 Å². The zero-order chi connectivity index (χ0) is 9.14. The van der Waals surface area contributed by atoms with Crippen molar-refractivity contribution < 1.29 is 4.74 Å². The minimum atomic E-state index is 0.298. The van der Waals surface area contributed by atoms with Gasteiger partial charge in [-0.05, 0) is 26.0 Å². The van der Waals surface area contributed by atoms with Gasteiger partial charge in [-0.3, -0.25) is 4.90 Å². The normalized spacial score (nSPS) is 27.7. The van der Waals surface area contributed by atoms with Gasteiger partial charge in [-0.25, -0.2) is 0 Å². The Bertz CT molecular complexity index is 167. The van der Waals surface area contributed by atoms with Crippen LogP contribution in [0.25, 0.3) is 0 Å². The molecule has 0 aliphatic carbocycles. The molecule has 1 aliphatic heterocycles. The molecule has 0 amide bonds. The molecule has 0 bridgehead atoms. The number of rotatable bonds is 5. The molecule has 2 nitrogen and oxygen atoms in total. The van der Waals surface area contributed by atoms with Crippen molar-refractivity contribution in [3.8, 4) is 0 Å². The van der Waals surface area contributed by atoms with Crippen LogP contribution >= 0.6 is 0 Å². The Labute approximate surface area is 75.2 Å². The molecule has 1 heterocycles. The van der Waals surface area contributed by atoms with Crippen molar-refractivity contribution in [1.82, 2.24) is 4.90 Å². The first-order chi connectivity index (χ1) is 5.66. The van der Waals surface area contributed by atoms with E-state index in [4.69, 9.17) is 4.74 Å². The molecule has 1 rings (SSSR count). The second kappa shape index (κ2) is 4.06. The molecule has 1 fully saturated rings. The molecule has 2 unspecified atom stereocenters. The third kappa shape index (κ3) is 2.32. The van der Waals surface area contributed by atoms with Gasteiger partial charge < -0.3 is 4.74 Å². The van der Waals surface area contributed by atoms with E-state index in [1.807, 2.05) is 6.92 Å². The summed E-state index contributed by atoms with van der Waals surface area (Å²) < 4.78 is 5.46. The molecule has 0 N–H and O–H groups in total. The number of likely N-dealkylation sites (N-methyl/N-ethyl adjacent to an activating group) is 1. The van der Waals surface area contributed by atoms with Crippen molar-refractivity contribution in [3.05, 3.63) is 12.2 Å². The largest absolute Gasteiger partial charge is 0.348 e. The number of nitrogens with zero attached hydrogens (tertiary/aromatic N) is 1. The van der Waals surface area contributed by atoms with Crippen LogP contribution in [0.4, 0.5) is 0 Å². The third-order valence-electron chi connectivity index (χ3n) is 2.25. The standard InChI is InChI=1S/C10H19NO/c1-5-6-7-11(4)10-9(12-10)8(2)3/h9-10H,2,5-7H2,1,3-4H3. The van der Waals surface area contributed by atoms with Gasteiger partial charge >= 0.3 is 0 Å². The lowest BCUT2D eigenvalue weighted by molar-refractivity contribution is 0.208. The summed E-state index contributed by atoms with van der Waals surface area (Å²) in [4.78, 5) is 2.27. The Balaban J connectivity index is 2.19. The molecule has 12 heavy (non-hydrogen) atoms. The van der Waals surface area contributed by atoms with Crippen LogP contribution in [0.1, 0.15) is 26.7 Å². The molecule has 0 saturated carbocycles. The molecular formula is C10H19NO. The van der Waals surface area contributed by atoms with Crippen LogP contribution in [0.5, 0.6) is 0 Å². The van der Waals surface area contributed by atoms with Crippen LogP contribution < -0.4 is 0 Å². The number of hydrogen-bond donors (Lipinski definition) is 0. The van der Waals surface area contributed by atoms with Crippen molar-refractivity contribution in [2.45, 2.75) is 39.0 Å². The first-order valence-electron chi connectivity index (χ1n) is 4.68. The van der Waals surface area contributed by atoms with Crippen LogP contribution in [-0.4, -0.2) is 30.8 Å². The second-order valence-corrected chi connectivity index (χ2v) is 3.63. The van der Waals surface area contributed by atoms with Gasteiger partial charge in [-0.15, -0.1) is 0 Å². The Morgan fingerprint density at radius 2 is 2.25 bits per heavy atom. The first kappa shape index (κ1) is 9.75. The van der Waals surface area contributed by atoms with Gasteiger partial charge in [0.15, 0.2) is 0 Å². The van der Waals surface area contributed by atoms with Crippen LogP contribution in [0, 0.1) is 0 Å². The number of hydrogen-bond acceptors (Lipinski definition) is 2. The smallest absolute Gasteiger partial charge is 0.141 e. The SMILES string of the molecule is C=C(C)C1OC1N(C)CCCC. The summed E-state index contributed by atoms with van der Waals surface area (Å²) in [6.07, 6.45) is 3.11. The molecule has 2 heteroatoms. The van der Waals surface area contributed by atoms with Crippen molar-refractivity contribution in [1.29, 1.82) is 0 Å². The number of epoxide rings is 1. The summed E-state index contributed by atoms with van der Waals surface area (Å²) >= 11 is 0. The summed E-state index contributed by atoms with van der Waals surface area (Å²) in [5.74, 6) is 0. The quantitative estimate of drug-likeness (QED) is 0.462. The van der Waals surface area contributed by atoms with Crippen molar-refractivity contribution in [3.63, 3.8) is 0 Å². The molecular weight excluding hydrogens is 150 g/mol. The van der Waals surface area contributed by atoms with Crippen LogP contribution in [-0.2, 0) is 4.74 Å². The highest BCUT2D eigenvalue weighted by molar-refractivity contribution is 5.09. The molecule has 0 spiro atoms. The van der Waals surface area contributed by atoms with Crippen LogP contribution in [0.3, 0.4) is 0 Å². The third-order valence-corrected chi connectivity index (χ3v) is 2.25. The van der Waals surface area contributed by atoms with Gasteiger partial charge in [0.1, 0.15) is 12.3 Å². The Hall–Kier alpha value is -0.340. The lowest BCUT2D eigenvalue weighted by Crippen LogP contribution is -2.24. The van der Waals surface area contributed by atoms with E-state index < -0.39 is 0 Å². The maximum absolute atomic E-state index is 5.46. The summed E-state index contributed by atoms with van der Waals surface area (Å²) in [7, 11) is 2.11. The van der Waals surface area contributed by atoms with Gasteiger partial charge in [0.25, 0.3) is 0 Å². The van der Waals surface area contributed by atoms with E-state index in [2.05, 4.69) is 25.5 Å². The summed E-state index contributed by atoms with van der Waals surface area (Å²) in [5, 5.41) is 0.